The van der Waals surface area contributed by atoms with Crippen LogP contribution >= 0.6 is 11.6 Å². The van der Waals surface area contributed by atoms with Gasteiger partial charge in [0.15, 0.2) is 0 Å². The number of nitrogens with one attached hydrogen (secondary N) is 1. The number of hydrogen-bond donors (Lipinski definition) is 2. The molecule has 96 valence electrons. The second-order valence-electron chi connectivity index (χ2n) is 3.99. The van der Waals surface area contributed by atoms with Crippen LogP contribution in [-0.4, -0.2) is 21.3 Å². The number of aliphatic hydroxyl groups is 1. The zero-order chi connectivity index (χ0) is 13.0. The molecule has 2 aromatic rings. The molecule has 0 aliphatic heterocycles. The molecule has 0 aliphatic carbocycles. The standard InChI is InChI=1S/C13H16ClN3O/c1-2-17-9-15-7-13(17)12(8-18)16-11-5-3-4-10(14)6-11/h3-7,9,12,16,18H,2,8H2,1H3. The first-order chi connectivity index (χ1) is 8.74. The summed E-state index contributed by atoms with van der Waals surface area (Å²) in [6.45, 7) is 2.86. The van der Waals surface area contributed by atoms with Crippen LogP contribution in [0.15, 0.2) is 36.8 Å². The monoisotopic (exact) mass is 265 g/mol. The van der Waals surface area contributed by atoms with Crippen molar-refractivity contribution >= 4 is 17.3 Å². The highest BCUT2D eigenvalue weighted by molar-refractivity contribution is 6.30. The Labute approximate surface area is 111 Å². The normalized spacial score (nSPS) is 12.4. The van der Waals surface area contributed by atoms with Crippen molar-refractivity contribution in [2.45, 2.75) is 19.5 Å². The van der Waals surface area contributed by atoms with E-state index in [1.807, 2.05) is 35.8 Å². The maximum absolute atomic E-state index is 9.51. The van der Waals surface area contributed by atoms with Crippen LogP contribution in [0.1, 0.15) is 18.7 Å². The van der Waals surface area contributed by atoms with Gasteiger partial charge in [0.2, 0.25) is 0 Å². The molecule has 0 spiro atoms. The predicted molar refractivity (Wildman–Crippen MR) is 72.8 cm³/mol. The van der Waals surface area contributed by atoms with Crippen LogP contribution < -0.4 is 5.32 Å². The summed E-state index contributed by atoms with van der Waals surface area (Å²) in [7, 11) is 0. The Morgan fingerprint density at radius 2 is 2.33 bits per heavy atom. The number of imidazole rings is 1. The lowest BCUT2D eigenvalue weighted by Crippen LogP contribution is -2.18. The van der Waals surface area contributed by atoms with Gasteiger partial charge in [-0.3, -0.25) is 0 Å². The van der Waals surface area contributed by atoms with E-state index in [0.29, 0.717) is 5.02 Å². The molecule has 1 aromatic carbocycles. The fraction of sp³-hybridized carbons (Fsp3) is 0.308. The number of aliphatic hydroxyl groups excluding tert-OH is 1. The second kappa shape index (κ2) is 5.89. The smallest absolute Gasteiger partial charge is 0.0948 e. The fourth-order valence-electron chi connectivity index (χ4n) is 1.88. The number of rotatable bonds is 5. The molecule has 0 aliphatic rings. The zero-order valence-corrected chi connectivity index (χ0v) is 10.9. The summed E-state index contributed by atoms with van der Waals surface area (Å²) in [5.41, 5.74) is 1.84. The van der Waals surface area contributed by atoms with Gasteiger partial charge in [0.05, 0.1) is 30.9 Å². The van der Waals surface area contributed by atoms with Gasteiger partial charge in [0.25, 0.3) is 0 Å². The van der Waals surface area contributed by atoms with E-state index in [4.69, 9.17) is 11.6 Å². The van der Waals surface area contributed by atoms with Gasteiger partial charge >= 0.3 is 0 Å². The minimum Gasteiger partial charge on any atom is -0.394 e. The lowest BCUT2D eigenvalue weighted by molar-refractivity contribution is 0.272. The van der Waals surface area contributed by atoms with Crippen LogP contribution in [-0.2, 0) is 6.54 Å². The number of anilines is 1. The van der Waals surface area contributed by atoms with Crippen LogP contribution in [0, 0.1) is 0 Å². The first-order valence-corrected chi connectivity index (χ1v) is 6.25. The molecular weight excluding hydrogens is 250 g/mol. The van der Waals surface area contributed by atoms with E-state index in [1.165, 1.54) is 0 Å². The number of nitrogens with zero attached hydrogens (tertiary/aromatic N) is 2. The van der Waals surface area contributed by atoms with Crippen LogP contribution in [0.2, 0.25) is 5.02 Å². The lowest BCUT2D eigenvalue weighted by atomic mass is 10.2. The van der Waals surface area contributed by atoms with Crippen molar-refractivity contribution in [2.75, 3.05) is 11.9 Å². The first-order valence-electron chi connectivity index (χ1n) is 5.87. The van der Waals surface area contributed by atoms with E-state index in [0.717, 1.165) is 17.9 Å². The molecule has 0 radical (unpaired) electrons. The third-order valence-electron chi connectivity index (χ3n) is 2.79. The zero-order valence-electron chi connectivity index (χ0n) is 10.2. The van der Waals surface area contributed by atoms with Crippen molar-refractivity contribution in [1.82, 2.24) is 9.55 Å². The van der Waals surface area contributed by atoms with E-state index in [9.17, 15) is 5.11 Å². The van der Waals surface area contributed by atoms with E-state index in [1.54, 1.807) is 12.5 Å². The number of aromatic nitrogens is 2. The molecule has 18 heavy (non-hydrogen) atoms. The maximum atomic E-state index is 9.51. The molecule has 0 fully saturated rings. The predicted octanol–water partition coefficient (Wildman–Crippen LogP) is 2.70. The molecule has 0 bridgehead atoms. The van der Waals surface area contributed by atoms with Gasteiger partial charge in [0, 0.05) is 17.3 Å². The van der Waals surface area contributed by atoms with Gasteiger partial charge in [-0.15, -0.1) is 0 Å². The summed E-state index contributed by atoms with van der Waals surface area (Å²) < 4.78 is 2.00. The second-order valence-corrected chi connectivity index (χ2v) is 4.43. The number of hydrogen-bond acceptors (Lipinski definition) is 3. The van der Waals surface area contributed by atoms with Crippen LogP contribution in [0.3, 0.4) is 0 Å². The number of halogens is 1. The molecule has 0 saturated carbocycles. The Kier molecular flexibility index (Phi) is 4.23. The summed E-state index contributed by atoms with van der Waals surface area (Å²) in [5, 5.41) is 13.4. The van der Waals surface area contributed by atoms with E-state index < -0.39 is 0 Å². The summed E-state index contributed by atoms with van der Waals surface area (Å²) in [4.78, 5) is 4.11. The van der Waals surface area contributed by atoms with Gasteiger partial charge in [-0.25, -0.2) is 4.98 Å². The molecule has 2 N–H and O–H groups in total. The fourth-order valence-corrected chi connectivity index (χ4v) is 2.07. The minimum atomic E-state index is -0.189. The van der Waals surface area contributed by atoms with Crippen molar-refractivity contribution in [3.05, 3.63) is 47.5 Å². The Morgan fingerprint density at radius 3 is 3.00 bits per heavy atom. The largest absolute Gasteiger partial charge is 0.394 e. The van der Waals surface area contributed by atoms with Crippen molar-refractivity contribution in [1.29, 1.82) is 0 Å². The molecular formula is C13H16ClN3O. The summed E-state index contributed by atoms with van der Waals surface area (Å²) >= 11 is 5.93. The lowest BCUT2D eigenvalue weighted by Gasteiger charge is -2.19. The minimum absolute atomic E-state index is 0.00178. The molecule has 5 heteroatoms. The molecule has 4 nitrogen and oxygen atoms in total. The Bertz CT molecular complexity index is 512. The Hall–Kier alpha value is -1.52. The van der Waals surface area contributed by atoms with Crippen molar-refractivity contribution in [3.63, 3.8) is 0 Å². The van der Waals surface area contributed by atoms with Crippen LogP contribution in [0.5, 0.6) is 0 Å². The first kappa shape index (κ1) is 12.9. The number of aryl methyl sites for hydroxylation is 1. The van der Waals surface area contributed by atoms with Gasteiger partial charge in [-0.2, -0.15) is 0 Å². The van der Waals surface area contributed by atoms with E-state index >= 15 is 0 Å². The molecule has 2 rings (SSSR count). The average molecular weight is 266 g/mol. The van der Waals surface area contributed by atoms with Gasteiger partial charge in [0.1, 0.15) is 0 Å². The maximum Gasteiger partial charge on any atom is 0.0948 e. The van der Waals surface area contributed by atoms with Crippen LogP contribution in [0.25, 0.3) is 0 Å². The molecule has 0 saturated heterocycles. The average Bonchev–Trinajstić information content (AvgIpc) is 2.84. The van der Waals surface area contributed by atoms with Gasteiger partial charge < -0.3 is 15.0 Å². The molecule has 1 unspecified atom stereocenters. The van der Waals surface area contributed by atoms with E-state index in [-0.39, 0.29) is 12.6 Å². The van der Waals surface area contributed by atoms with Gasteiger partial charge in [-0.05, 0) is 25.1 Å². The molecule has 0 amide bonds. The summed E-state index contributed by atoms with van der Waals surface area (Å²) in [6, 6.07) is 7.25. The highest BCUT2D eigenvalue weighted by Crippen LogP contribution is 2.21. The summed E-state index contributed by atoms with van der Waals surface area (Å²) in [6.07, 6.45) is 3.53. The van der Waals surface area contributed by atoms with E-state index in [2.05, 4.69) is 10.3 Å². The third-order valence-corrected chi connectivity index (χ3v) is 3.03. The Morgan fingerprint density at radius 1 is 1.50 bits per heavy atom. The summed E-state index contributed by atoms with van der Waals surface area (Å²) in [5.74, 6) is 0. The molecule has 1 aromatic heterocycles. The van der Waals surface area contributed by atoms with Crippen molar-refractivity contribution in [2.24, 2.45) is 0 Å². The van der Waals surface area contributed by atoms with Gasteiger partial charge in [-0.1, -0.05) is 17.7 Å². The quantitative estimate of drug-likeness (QED) is 0.874. The molecule has 1 heterocycles. The third kappa shape index (κ3) is 2.83. The van der Waals surface area contributed by atoms with Crippen molar-refractivity contribution < 1.29 is 5.11 Å². The van der Waals surface area contributed by atoms with Crippen LogP contribution in [0.4, 0.5) is 5.69 Å². The molecule has 1 atom stereocenters. The highest BCUT2D eigenvalue weighted by atomic mass is 35.5. The highest BCUT2D eigenvalue weighted by Gasteiger charge is 2.14. The van der Waals surface area contributed by atoms with Crippen molar-refractivity contribution in [3.8, 4) is 0 Å². The SMILES string of the molecule is CCn1cncc1C(CO)Nc1cccc(Cl)c1. The number of benzene rings is 1. The topological polar surface area (TPSA) is 50.1 Å². The Balaban J connectivity index is 2.20.